The van der Waals surface area contributed by atoms with Crippen LogP contribution in [0.5, 0.6) is 11.5 Å². The molecule has 6 heteroatoms. The summed E-state index contributed by atoms with van der Waals surface area (Å²) in [7, 11) is 1.48. The molecule has 2 aromatic rings. The Hall–Kier alpha value is -3.28. The third kappa shape index (κ3) is 3.38. The first-order valence-corrected chi connectivity index (χ1v) is 7.11. The lowest BCUT2D eigenvalue weighted by Crippen LogP contribution is -2.10. The number of aliphatic carboxylic acids is 1. The number of hydrogen-bond acceptors (Lipinski definition) is 4. The molecule has 0 bridgehead atoms. The van der Waals surface area contributed by atoms with Gasteiger partial charge in [-0.1, -0.05) is 24.3 Å². The fourth-order valence-corrected chi connectivity index (χ4v) is 2.35. The van der Waals surface area contributed by atoms with Crippen LogP contribution < -0.4 is 10.5 Å². The Balaban J connectivity index is 2.65. The number of nitrogens with two attached hydrogens (primary N) is 1. The predicted octanol–water partition coefficient (Wildman–Crippen LogP) is 2.59. The molecule has 124 valence electrons. The van der Waals surface area contributed by atoms with Gasteiger partial charge in [-0.2, -0.15) is 0 Å². The lowest BCUT2D eigenvalue weighted by molar-refractivity contribution is -0.132. The molecule has 0 unspecified atom stereocenters. The minimum Gasteiger partial charge on any atom is -0.507 e. The molecule has 0 heterocycles. The molecule has 0 amide bonds. The molecule has 24 heavy (non-hydrogen) atoms. The van der Waals surface area contributed by atoms with Crippen molar-refractivity contribution in [2.24, 2.45) is 5.73 Å². The zero-order valence-corrected chi connectivity index (χ0v) is 13.3. The summed E-state index contributed by atoms with van der Waals surface area (Å²) in [5, 5.41) is 27.1. The quantitative estimate of drug-likeness (QED) is 0.383. The highest BCUT2D eigenvalue weighted by molar-refractivity contribution is 6.02. The number of aromatic hydroxyl groups is 1. The molecule has 0 aliphatic rings. The topological polar surface area (TPSA) is 117 Å². The van der Waals surface area contributed by atoms with Gasteiger partial charge in [0, 0.05) is 28.3 Å². The van der Waals surface area contributed by atoms with E-state index in [0.717, 1.165) is 0 Å². The molecule has 0 saturated heterocycles. The van der Waals surface area contributed by atoms with Crippen molar-refractivity contribution in [2.45, 2.75) is 6.92 Å². The maximum atomic E-state index is 11.5. The monoisotopic (exact) mass is 326 g/mol. The molecule has 0 aliphatic carbocycles. The average molecular weight is 326 g/mol. The van der Waals surface area contributed by atoms with Crippen LogP contribution in [-0.4, -0.2) is 29.1 Å². The number of carboxylic acid groups (broad SMARTS) is 1. The van der Waals surface area contributed by atoms with Crippen molar-refractivity contribution in [2.75, 3.05) is 7.11 Å². The van der Waals surface area contributed by atoms with Crippen molar-refractivity contribution < 1.29 is 19.7 Å². The zero-order chi connectivity index (χ0) is 17.9. The molecule has 0 fully saturated rings. The maximum absolute atomic E-state index is 11.5. The first-order valence-electron chi connectivity index (χ1n) is 7.11. The van der Waals surface area contributed by atoms with E-state index in [1.807, 2.05) is 0 Å². The molecule has 2 rings (SSSR count). The van der Waals surface area contributed by atoms with E-state index in [1.54, 1.807) is 36.4 Å². The smallest absolute Gasteiger partial charge is 0.331 e. The molecule has 0 aromatic heterocycles. The average Bonchev–Trinajstić information content (AvgIpc) is 2.56. The van der Waals surface area contributed by atoms with E-state index in [0.29, 0.717) is 28.0 Å². The van der Waals surface area contributed by atoms with Crippen LogP contribution in [0.1, 0.15) is 23.6 Å². The van der Waals surface area contributed by atoms with E-state index in [2.05, 4.69) is 0 Å². The number of nitrogens with one attached hydrogen (secondary N) is 1. The number of nitrogen functional groups attached to an aromatic ring is 1. The number of benzene rings is 2. The van der Waals surface area contributed by atoms with Crippen LogP contribution in [0.15, 0.2) is 48.0 Å². The van der Waals surface area contributed by atoms with E-state index in [9.17, 15) is 15.0 Å². The van der Waals surface area contributed by atoms with Crippen molar-refractivity contribution in [1.29, 1.82) is 5.41 Å². The second-order valence-electron chi connectivity index (χ2n) is 5.18. The lowest BCUT2D eigenvalue weighted by Gasteiger charge is -2.14. The van der Waals surface area contributed by atoms with Crippen molar-refractivity contribution in [3.05, 3.63) is 64.7 Å². The number of amidine groups is 1. The van der Waals surface area contributed by atoms with Gasteiger partial charge in [0.15, 0.2) is 0 Å². The summed E-state index contributed by atoms with van der Waals surface area (Å²) in [5.74, 6) is -0.777. The fourth-order valence-electron chi connectivity index (χ4n) is 2.35. The number of hydrogen-bond donors (Lipinski definition) is 4. The number of rotatable bonds is 5. The van der Waals surface area contributed by atoms with Crippen LogP contribution >= 0.6 is 0 Å². The highest BCUT2D eigenvalue weighted by atomic mass is 16.5. The summed E-state index contributed by atoms with van der Waals surface area (Å²) in [6.07, 6.45) is 0. The van der Waals surface area contributed by atoms with E-state index >= 15 is 0 Å². The molecule has 0 aliphatic heterocycles. The van der Waals surface area contributed by atoms with Gasteiger partial charge in [0.05, 0.1) is 7.11 Å². The number of phenols is 1. The maximum Gasteiger partial charge on any atom is 0.331 e. The van der Waals surface area contributed by atoms with Crippen molar-refractivity contribution in [1.82, 2.24) is 0 Å². The zero-order valence-electron chi connectivity index (χ0n) is 13.3. The van der Waals surface area contributed by atoms with Crippen LogP contribution in [0.25, 0.3) is 5.57 Å². The second kappa shape index (κ2) is 6.87. The molecule has 6 nitrogen and oxygen atoms in total. The summed E-state index contributed by atoms with van der Waals surface area (Å²) < 4.78 is 5.06. The van der Waals surface area contributed by atoms with Gasteiger partial charge in [-0.05, 0) is 24.6 Å². The van der Waals surface area contributed by atoms with Crippen LogP contribution in [0.4, 0.5) is 0 Å². The van der Waals surface area contributed by atoms with E-state index < -0.39 is 5.97 Å². The first-order chi connectivity index (χ1) is 11.3. The number of phenolic OH excluding ortho intramolecular Hbond substituents is 1. The summed E-state index contributed by atoms with van der Waals surface area (Å²) in [6.45, 7) is 1.47. The van der Waals surface area contributed by atoms with Gasteiger partial charge in [0.2, 0.25) is 0 Å². The summed E-state index contributed by atoms with van der Waals surface area (Å²) >= 11 is 0. The van der Waals surface area contributed by atoms with Crippen molar-refractivity contribution >= 4 is 17.4 Å². The van der Waals surface area contributed by atoms with Crippen LogP contribution in [-0.2, 0) is 4.79 Å². The number of carboxylic acids is 1. The first kappa shape index (κ1) is 17.1. The second-order valence-corrected chi connectivity index (χ2v) is 5.18. The molecular weight excluding hydrogens is 308 g/mol. The van der Waals surface area contributed by atoms with E-state index in [4.69, 9.17) is 15.9 Å². The number of methoxy groups -OCH3 is 1. The lowest BCUT2D eigenvalue weighted by atomic mass is 9.92. The van der Waals surface area contributed by atoms with Crippen LogP contribution in [0.2, 0.25) is 0 Å². The van der Waals surface area contributed by atoms with E-state index in [1.165, 1.54) is 20.1 Å². The van der Waals surface area contributed by atoms with Gasteiger partial charge in [-0.3, -0.25) is 5.41 Å². The summed E-state index contributed by atoms with van der Waals surface area (Å²) in [4.78, 5) is 11.5. The van der Waals surface area contributed by atoms with Crippen molar-refractivity contribution in [3.63, 3.8) is 0 Å². The molecule has 0 spiro atoms. The van der Waals surface area contributed by atoms with Gasteiger partial charge in [0.25, 0.3) is 0 Å². The Morgan fingerprint density at radius 1 is 1.12 bits per heavy atom. The Bertz CT molecular complexity index is 823. The van der Waals surface area contributed by atoms with Crippen LogP contribution in [0, 0.1) is 5.41 Å². The fraction of sp³-hybridized carbons (Fsp3) is 0.111. The molecule has 2 aromatic carbocycles. The Labute approximate surface area is 139 Å². The molecule has 0 radical (unpaired) electrons. The molecular formula is C18H18N2O4. The summed E-state index contributed by atoms with van der Waals surface area (Å²) in [5.41, 5.74) is 7.42. The minimum atomic E-state index is -1.09. The standard InChI is InChI=1S/C18H18N2O4/c1-10(18(22)23)16(11-3-5-12(6-4-11)17(19)20)14-8-7-13(24-2)9-15(14)21/h3-9,21H,1-2H3,(H3,19,20)(H,22,23)/b16-10+. The van der Waals surface area contributed by atoms with Crippen molar-refractivity contribution in [3.8, 4) is 11.5 Å². The third-order valence-electron chi connectivity index (χ3n) is 3.65. The Morgan fingerprint density at radius 3 is 2.17 bits per heavy atom. The van der Waals surface area contributed by atoms with Gasteiger partial charge in [0.1, 0.15) is 17.3 Å². The molecule has 5 N–H and O–H groups in total. The number of ether oxygens (including phenoxy) is 1. The largest absolute Gasteiger partial charge is 0.507 e. The van der Waals surface area contributed by atoms with Crippen LogP contribution in [0.3, 0.4) is 0 Å². The van der Waals surface area contributed by atoms with Gasteiger partial charge in [-0.15, -0.1) is 0 Å². The summed E-state index contributed by atoms with van der Waals surface area (Å²) in [6, 6.07) is 11.3. The highest BCUT2D eigenvalue weighted by Crippen LogP contribution is 2.35. The third-order valence-corrected chi connectivity index (χ3v) is 3.65. The molecule has 0 saturated carbocycles. The minimum absolute atomic E-state index is 0.0747. The number of carbonyl (C=O) groups is 1. The Kier molecular flexibility index (Phi) is 4.89. The highest BCUT2D eigenvalue weighted by Gasteiger charge is 2.17. The van der Waals surface area contributed by atoms with Gasteiger partial charge < -0.3 is 20.7 Å². The van der Waals surface area contributed by atoms with Gasteiger partial charge in [-0.25, -0.2) is 4.79 Å². The SMILES string of the molecule is COc1ccc(/C(=C(\C)C(=O)O)c2ccc(C(=N)N)cc2)c(O)c1. The van der Waals surface area contributed by atoms with Gasteiger partial charge >= 0.3 is 5.97 Å². The Morgan fingerprint density at radius 2 is 1.71 bits per heavy atom. The molecule has 0 atom stereocenters. The van der Waals surface area contributed by atoms with E-state index in [-0.39, 0.29) is 17.2 Å². The normalized spacial score (nSPS) is 11.6. The predicted molar refractivity (Wildman–Crippen MR) is 91.4 cm³/mol.